The lowest BCUT2D eigenvalue weighted by atomic mass is 10.1. The molecule has 0 aliphatic carbocycles. The summed E-state index contributed by atoms with van der Waals surface area (Å²) in [6.07, 6.45) is 1.62. The van der Waals surface area contributed by atoms with E-state index >= 15 is 0 Å². The van der Waals surface area contributed by atoms with Crippen molar-refractivity contribution in [2.24, 2.45) is 0 Å². The molecule has 0 atom stereocenters. The van der Waals surface area contributed by atoms with Crippen LogP contribution in [0.25, 0.3) is 10.9 Å². The summed E-state index contributed by atoms with van der Waals surface area (Å²) in [4.78, 5) is 48.3. The fraction of sp³-hybridized carbons (Fsp3) is 0.391. The minimum atomic E-state index is -0.374. The molecule has 168 valence electrons. The fourth-order valence-corrected chi connectivity index (χ4v) is 4.23. The highest BCUT2D eigenvalue weighted by Gasteiger charge is 2.20. The van der Waals surface area contributed by atoms with E-state index in [1.165, 1.54) is 4.57 Å². The van der Waals surface area contributed by atoms with Crippen LogP contribution in [0.5, 0.6) is 0 Å². The van der Waals surface area contributed by atoms with Crippen molar-refractivity contribution >= 4 is 22.6 Å². The van der Waals surface area contributed by atoms with Crippen LogP contribution in [0.3, 0.4) is 0 Å². The van der Waals surface area contributed by atoms with Crippen molar-refractivity contribution in [2.75, 3.05) is 38.1 Å². The topological polar surface area (TPSA) is 103 Å². The molecular weight excluding hydrogens is 408 g/mol. The molecule has 0 saturated carbocycles. The van der Waals surface area contributed by atoms with E-state index in [4.69, 9.17) is 0 Å². The summed E-state index contributed by atoms with van der Waals surface area (Å²) in [5.41, 5.74) is 2.55. The van der Waals surface area contributed by atoms with Crippen LogP contribution in [0.1, 0.15) is 28.4 Å². The minimum Gasteiger partial charge on any atom is -0.355 e. The van der Waals surface area contributed by atoms with E-state index in [2.05, 4.69) is 25.1 Å². The van der Waals surface area contributed by atoms with Gasteiger partial charge >= 0.3 is 5.69 Å². The summed E-state index contributed by atoms with van der Waals surface area (Å²) < 4.78 is 1.21. The second kappa shape index (κ2) is 8.96. The summed E-state index contributed by atoms with van der Waals surface area (Å²) in [6.45, 7) is 8.24. The number of aromatic amines is 1. The molecule has 0 bridgehead atoms. The van der Waals surface area contributed by atoms with Gasteiger partial charge in [0, 0.05) is 52.5 Å². The lowest BCUT2D eigenvalue weighted by Crippen LogP contribution is -2.46. The number of hydrogen-bond donors (Lipinski definition) is 2. The SMILES string of the molecule is CCn1c(=O)[nH]c2cc(CN3CCN(c4ncc(C(=O)NC)cc4C)CC3)ccc2c1=O. The van der Waals surface area contributed by atoms with Gasteiger partial charge in [0.25, 0.3) is 11.5 Å². The minimum absolute atomic E-state index is 0.137. The molecule has 1 aromatic carbocycles. The number of hydrogen-bond acceptors (Lipinski definition) is 6. The molecule has 1 saturated heterocycles. The number of rotatable bonds is 5. The first-order valence-electron chi connectivity index (χ1n) is 10.8. The number of fused-ring (bicyclic) bond motifs is 1. The Labute approximate surface area is 185 Å². The van der Waals surface area contributed by atoms with E-state index in [0.717, 1.165) is 49.7 Å². The highest BCUT2D eigenvalue weighted by Crippen LogP contribution is 2.21. The van der Waals surface area contributed by atoms with Gasteiger partial charge in [-0.25, -0.2) is 9.78 Å². The molecule has 4 rings (SSSR count). The summed E-state index contributed by atoms with van der Waals surface area (Å²) in [5.74, 6) is 0.773. The Hall–Kier alpha value is -3.46. The summed E-state index contributed by atoms with van der Waals surface area (Å²) >= 11 is 0. The first kappa shape index (κ1) is 21.8. The summed E-state index contributed by atoms with van der Waals surface area (Å²) in [6, 6.07) is 7.52. The van der Waals surface area contributed by atoms with Crippen molar-refractivity contribution in [1.82, 2.24) is 24.8 Å². The van der Waals surface area contributed by atoms with Gasteiger partial charge in [-0.3, -0.25) is 19.1 Å². The van der Waals surface area contributed by atoms with E-state index in [1.54, 1.807) is 26.2 Å². The van der Waals surface area contributed by atoms with Gasteiger partial charge in [0.15, 0.2) is 0 Å². The second-order valence-electron chi connectivity index (χ2n) is 8.07. The van der Waals surface area contributed by atoms with E-state index in [-0.39, 0.29) is 17.2 Å². The maximum Gasteiger partial charge on any atom is 0.328 e. The molecule has 0 unspecified atom stereocenters. The Morgan fingerprint density at radius 1 is 1.16 bits per heavy atom. The quantitative estimate of drug-likeness (QED) is 0.621. The van der Waals surface area contributed by atoms with Gasteiger partial charge in [0.05, 0.1) is 16.5 Å². The van der Waals surface area contributed by atoms with Crippen molar-refractivity contribution in [1.29, 1.82) is 0 Å². The number of aromatic nitrogens is 3. The molecule has 32 heavy (non-hydrogen) atoms. The lowest BCUT2D eigenvalue weighted by molar-refractivity contribution is 0.0962. The Bertz CT molecular complexity index is 1270. The third kappa shape index (κ3) is 4.16. The number of benzene rings is 1. The number of amides is 1. The molecule has 0 spiro atoms. The first-order chi connectivity index (χ1) is 15.4. The van der Waals surface area contributed by atoms with E-state index in [1.807, 2.05) is 25.1 Å². The number of piperazine rings is 1. The van der Waals surface area contributed by atoms with Crippen molar-refractivity contribution < 1.29 is 4.79 Å². The Kier molecular flexibility index (Phi) is 6.09. The molecule has 1 fully saturated rings. The van der Waals surface area contributed by atoms with Gasteiger partial charge in [-0.05, 0) is 43.2 Å². The largest absolute Gasteiger partial charge is 0.355 e. The fourth-order valence-electron chi connectivity index (χ4n) is 4.23. The maximum atomic E-state index is 12.5. The Morgan fingerprint density at radius 3 is 2.56 bits per heavy atom. The van der Waals surface area contributed by atoms with Crippen LogP contribution in [0.4, 0.5) is 5.82 Å². The average molecular weight is 437 g/mol. The summed E-state index contributed by atoms with van der Waals surface area (Å²) in [7, 11) is 1.61. The number of nitrogens with one attached hydrogen (secondary N) is 2. The molecule has 1 amide bonds. The van der Waals surface area contributed by atoms with Crippen LogP contribution < -0.4 is 21.5 Å². The number of carbonyl (C=O) groups is 1. The number of pyridine rings is 1. The van der Waals surface area contributed by atoms with E-state index in [0.29, 0.717) is 23.0 Å². The first-order valence-corrected chi connectivity index (χ1v) is 10.8. The summed E-state index contributed by atoms with van der Waals surface area (Å²) in [5, 5.41) is 3.15. The third-order valence-corrected chi connectivity index (χ3v) is 5.98. The second-order valence-corrected chi connectivity index (χ2v) is 8.07. The van der Waals surface area contributed by atoms with Crippen LogP contribution in [-0.4, -0.2) is 58.6 Å². The molecule has 0 radical (unpaired) electrons. The van der Waals surface area contributed by atoms with Crippen LogP contribution in [-0.2, 0) is 13.1 Å². The van der Waals surface area contributed by atoms with Crippen LogP contribution >= 0.6 is 0 Å². The van der Waals surface area contributed by atoms with Gasteiger partial charge in [0.1, 0.15) is 5.82 Å². The van der Waals surface area contributed by atoms with Crippen molar-refractivity contribution in [3.8, 4) is 0 Å². The van der Waals surface area contributed by atoms with E-state index < -0.39 is 0 Å². The molecular formula is C23H28N6O3. The van der Waals surface area contributed by atoms with Gasteiger partial charge < -0.3 is 15.2 Å². The Balaban J connectivity index is 1.44. The smallest absolute Gasteiger partial charge is 0.328 e. The zero-order valence-corrected chi connectivity index (χ0v) is 18.6. The van der Waals surface area contributed by atoms with E-state index in [9.17, 15) is 14.4 Å². The number of aryl methyl sites for hydroxylation is 1. The zero-order valence-electron chi connectivity index (χ0n) is 18.6. The predicted molar refractivity (Wildman–Crippen MR) is 124 cm³/mol. The van der Waals surface area contributed by atoms with Gasteiger partial charge in [-0.1, -0.05) is 6.07 Å². The molecule has 3 aromatic rings. The van der Waals surface area contributed by atoms with Crippen molar-refractivity contribution in [3.63, 3.8) is 0 Å². The molecule has 3 heterocycles. The normalized spacial score (nSPS) is 14.7. The van der Waals surface area contributed by atoms with Gasteiger partial charge in [-0.2, -0.15) is 0 Å². The Morgan fingerprint density at radius 2 is 1.91 bits per heavy atom. The van der Waals surface area contributed by atoms with Crippen LogP contribution in [0, 0.1) is 6.92 Å². The third-order valence-electron chi connectivity index (χ3n) is 5.98. The highest BCUT2D eigenvalue weighted by atomic mass is 16.2. The molecule has 1 aliphatic rings. The zero-order chi connectivity index (χ0) is 22.8. The maximum absolute atomic E-state index is 12.5. The number of anilines is 1. The standard InChI is InChI=1S/C23H28N6O3/c1-4-29-22(31)18-6-5-16(12-19(18)26-23(29)32)14-27-7-9-28(10-8-27)20-15(2)11-17(13-25-20)21(30)24-3/h5-6,11-13H,4,7-10,14H2,1-3H3,(H,24,30)(H,26,32). The molecule has 2 aromatic heterocycles. The van der Waals surface area contributed by atoms with Crippen LogP contribution in [0.2, 0.25) is 0 Å². The predicted octanol–water partition coefficient (Wildman–Crippen LogP) is 1.09. The monoisotopic (exact) mass is 436 g/mol. The molecule has 2 N–H and O–H groups in total. The van der Waals surface area contributed by atoms with Crippen LogP contribution in [0.15, 0.2) is 40.1 Å². The van der Waals surface area contributed by atoms with Crippen molar-refractivity contribution in [2.45, 2.75) is 26.9 Å². The highest BCUT2D eigenvalue weighted by molar-refractivity contribution is 5.94. The number of nitrogens with zero attached hydrogens (tertiary/aromatic N) is 4. The molecule has 9 nitrogen and oxygen atoms in total. The number of carbonyl (C=O) groups excluding carboxylic acids is 1. The molecule has 1 aliphatic heterocycles. The van der Waals surface area contributed by atoms with Gasteiger partial charge in [-0.15, -0.1) is 0 Å². The average Bonchev–Trinajstić information content (AvgIpc) is 2.79. The lowest BCUT2D eigenvalue weighted by Gasteiger charge is -2.36. The van der Waals surface area contributed by atoms with Gasteiger partial charge in [0.2, 0.25) is 0 Å². The molecule has 9 heteroatoms. The number of H-pyrrole nitrogens is 1. The van der Waals surface area contributed by atoms with Crippen molar-refractivity contribution in [3.05, 3.63) is 68.0 Å².